The van der Waals surface area contributed by atoms with E-state index in [2.05, 4.69) is 4.98 Å². The highest BCUT2D eigenvalue weighted by atomic mass is 16.5. The van der Waals surface area contributed by atoms with Crippen molar-refractivity contribution < 1.29 is 13.9 Å². The number of oxazole rings is 1. The molecule has 1 heterocycles. The highest BCUT2D eigenvalue weighted by molar-refractivity contribution is 5.88. The van der Waals surface area contributed by atoms with Gasteiger partial charge in [-0.15, -0.1) is 0 Å². The zero-order chi connectivity index (χ0) is 8.27. The number of hydrogen-bond acceptors (Lipinski definition) is 4. The number of aromatic nitrogens is 1. The minimum absolute atomic E-state index is 0. The molecule has 0 saturated carbocycles. The first-order valence-electron chi connectivity index (χ1n) is 3.33. The molecule has 0 saturated heterocycles. The third-order valence-corrected chi connectivity index (χ3v) is 1.21. The molecule has 0 amide bonds. The summed E-state index contributed by atoms with van der Waals surface area (Å²) >= 11 is 0. The second-order valence-corrected chi connectivity index (χ2v) is 1.98. The average molecular weight is 171 g/mol. The quantitative estimate of drug-likeness (QED) is 0.636. The van der Waals surface area contributed by atoms with Crippen LogP contribution in [0.3, 0.4) is 0 Å². The van der Waals surface area contributed by atoms with Crippen LogP contribution in [0.1, 0.15) is 30.6 Å². The van der Waals surface area contributed by atoms with E-state index in [1.165, 1.54) is 6.39 Å². The largest absolute Gasteiger partial charge is 0.461 e. The van der Waals surface area contributed by atoms with E-state index in [0.29, 0.717) is 12.4 Å². The van der Waals surface area contributed by atoms with Crippen molar-refractivity contribution in [2.75, 3.05) is 6.61 Å². The van der Waals surface area contributed by atoms with Gasteiger partial charge in [-0.3, -0.25) is 0 Å². The Morgan fingerprint density at radius 2 is 2.42 bits per heavy atom. The molecule has 4 nitrogen and oxygen atoms in total. The average Bonchev–Trinajstić information content (AvgIpc) is 2.36. The van der Waals surface area contributed by atoms with Crippen molar-refractivity contribution in [2.24, 2.45) is 0 Å². The van der Waals surface area contributed by atoms with Crippen LogP contribution in [0.15, 0.2) is 10.8 Å². The SMILES string of the molecule is C.CCOC(=O)c1ncoc1C. The van der Waals surface area contributed by atoms with Crippen molar-refractivity contribution in [3.63, 3.8) is 0 Å². The maximum absolute atomic E-state index is 11.0. The Bertz CT molecular complexity index is 255. The molecule has 1 aromatic rings. The first-order valence-corrected chi connectivity index (χ1v) is 3.33. The van der Waals surface area contributed by atoms with Gasteiger partial charge in [0.15, 0.2) is 12.1 Å². The molecule has 1 rings (SSSR count). The van der Waals surface area contributed by atoms with Crippen molar-refractivity contribution in [1.82, 2.24) is 4.98 Å². The highest BCUT2D eigenvalue weighted by Crippen LogP contribution is 2.05. The fraction of sp³-hybridized carbons (Fsp3) is 0.500. The Labute approximate surface area is 71.6 Å². The fourth-order valence-corrected chi connectivity index (χ4v) is 0.701. The van der Waals surface area contributed by atoms with Crippen molar-refractivity contribution in [3.8, 4) is 0 Å². The van der Waals surface area contributed by atoms with Gasteiger partial charge < -0.3 is 9.15 Å². The van der Waals surface area contributed by atoms with E-state index in [1.807, 2.05) is 0 Å². The monoisotopic (exact) mass is 171 g/mol. The maximum Gasteiger partial charge on any atom is 0.360 e. The van der Waals surface area contributed by atoms with Crippen LogP contribution in [0, 0.1) is 6.92 Å². The number of rotatable bonds is 2. The third kappa shape index (κ3) is 2.08. The predicted octanol–water partition coefficient (Wildman–Crippen LogP) is 1.80. The van der Waals surface area contributed by atoms with Crippen LogP contribution in [0.4, 0.5) is 0 Å². The molecule has 12 heavy (non-hydrogen) atoms. The molecule has 0 aliphatic rings. The second kappa shape index (κ2) is 4.54. The van der Waals surface area contributed by atoms with Crippen molar-refractivity contribution in [2.45, 2.75) is 21.3 Å². The van der Waals surface area contributed by atoms with Gasteiger partial charge in [0.25, 0.3) is 0 Å². The van der Waals surface area contributed by atoms with Crippen LogP contribution < -0.4 is 0 Å². The van der Waals surface area contributed by atoms with Gasteiger partial charge in [0, 0.05) is 0 Å². The van der Waals surface area contributed by atoms with Gasteiger partial charge in [-0.25, -0.2) is 9.78 Å². The summed E-state index contributed by atoms with van der Waals surface area (Å²) in [6.45, 7) is 3.76. The first-order chi connectivity index (χ1) is 5.25. The summed E-state index contributed by atoms with van der Waals surface area (Å²) in [5.41, 5.74) is 0.256. The Morgan fingerprint density at radius 1 is 1.75 bits per heavy atom. The van der Waals surface area contributed by atoms with E-state index in [9.17, 15) is 4.79 Å². The summed E-state index contributed by atoms with van der Waals surface area (Å²) < 4.78 is 9.53. The Balaban J connectivity index is 0.00000121. The second-order valence-electron chi connectivity index (χ2n) is 1.98. The molecular formula is C8H13NO3. The van der Waals surface area contributed by atoms with Crippen LogP contribution in [0.2, 0.25) is 0 Å². The minimum atomic E-state index is -0.432. The Kier molecular flexibility index (Phi) is 4.04. The van der Waals surface area contributed by atoms with E-state index in [0.717, 1.165) is 0 Å². The molecule has 4 heteroatoms. The molecule has 0 unspecified atom stereocenters. The number of esters is 1. The number of nitrogens with zero attached hydrogens (tertiary/aromatic N) is 1. The molecular weight excluding hydrogens is 158 g/mol. The summed E-state index contributed by atoms with van der Waals surface area (Å²) in [5.74, 6) is 0.0576. The third-order valence-electron chi connectivity index (χ3n) is 1.21. The van der Waals surface area contributed by atoms with Gasteiger partial charge in [-0.1, -0.05) is 7.43 Å². The molecule has 0 atom stereocenters. The molecule has 0 spiro atoms. The Hall–Kier alpha value is -1.32. The van der Waals surface area contributed by atoms with Crippen LogP contribution in [0.5, 0.6) is 0 Å². The lowest BCUT2D eigenvalue weighted by Gasteiger charge is -1.96. The van der Waals surface area contributed by atoms with Crippen LogP contribution in [-0.2, 0) is 4.74 Å². The smallest absolute Gasteiger partial charge is 0.360 e. The van der Waals surface area contributed by atoms with Gasteiger partial charge in [0.1, 0.15) is 5.76 Å². The molecule has 0 fully saturated rings. The van der Waals surface area contributed by atoms with Crippen molar-refractivity contribution >= 4 is 5.97 Å². The van der Waals surface area contributed by atoms with Crippen LogP contribution in [-0.4, -0.2) is 17.6 Å². The van der Waals surface area contributed by atoms with E-state index in [-0.39, 0.29) is 13.1 Å². The molecule has 0 aromatic carbocycles. The molecule has 1 aromatic heterocycles. The molecule has 0 radical (unpaired) electrons. The normalized spacial score (nSPS) is 8.83. The van der Waals surface area contributed by atoms with Crippen molar-refractivity contribution in [1.29, 1.82) is 0 Å². The van der Waals surface area contributed by atoms with Gasteiger partial charge in [-0.2, -0.15) is 0 Å². The molecule has 0 bridgehead atoms. The van der Waals surface area contributed by atoms with Crippen molar-refractivity contribution in [3.05, 3.63) is 17.8 Å². The maximum atomic E-state index is 11.0. The summed E-state index contributed by atoms with van der Waals surface area (Å²) in [6, 6.07) is 0. The van der Waals surface area contributed by atoms with Gasteiger partial charge in [-0.05, 0) is 13.8 Å². The number of carbonyl (C=O) groups is 1. The highest BCUT2D eigenvalue weighted by Gasteiger charge is 2.13. The summed E-state index contributed by atoms with van der Waals surface area (Å²) in [5, 5.41) is 0. The minimum Gasteiger partial charge on any atom is -0.461 e. The first kappa shape index (κ1) is 10.7. The zero-order valence-electron chi connectivity index (χ0n) is 6.46. The van der Waals surface area contributed by atoms with Gasteiger partial charge >= 0.3 is 5.97 Å². The summed E-state index contributed by atoms with van der Waals surface area (Å²) in [7, 11) is 0. The number of aryl methyl sites for hydroxylation is 1. The van der Waals surface area contributed by atoms with E-state index >= 15 is 0 Å². The number of hydrogen-bond donors (Lipinski definition) is 0. The lowest BCUT2D eigenvalue weighted by molar-refractivity contribution is 0.0518. The standard InChI is InChI=1S/C7H9NO3.CH4/c1-3-10-7(9)6-5(2)11-4-8-6;/h4H,3H2,1-2H3;1H4. The number of carbonyl (C=O) groups excluding carboxylic acids is 1. The number of ether oxygens (including phenoxy) is 1. The summed E-state index contributed by atoms with van der Waals surface area (Å²) in [4.78, 5) is 14.7. The predicted molar refractivity (Wildman–Crippen MR) is 43.9 cm³/mol. The van der Waals surface area contributed by atoms with Gasteiger partial charge in [0.2, 0.25) is 0 Å². The van der Waals surface area contributed by atoms with E-state index in [1.54, 1.807) is 13.8 Å². The molecule has 0 aliphatic heterocycles. The van der Waals surface area contributed by atoms with Crippen LogP contribution in [0.25, 0.3) is 0 Å². The van der Waals surface area contributed by atoms with E-state index in [4.69, 9.17) is 9.15 Å². The lowest BCUT2D eigenvalue weighted by atomic mass is 10.4. The van der Waals surface area contributed by atoms with Gasteiger partial charge in [0.05, 0.1) is 6.61 Å². The fourth-order valence-electron chi connectivity index (χ4n) is 0.701. The summed E-state index contributed by atoms with van der Waals surface area (Å²) in [6.07, 6.45) is 1.22. The molecule has 0 aliphatic carbocycles. The molecule has 0 N–H and O–H groups in total. The zero-order valence-corrected chi connectivity index (χ0v) is 6.46. The Morgan fingerprint density at radius 3 is 2.83 bits per heavy atom. The topological polar surface area (TPSA) is 52.3 Å². The molecule has 68 valence electrons. The van der Waals surface area contributed by atoms with Crippen LogP contribution >= 0.6 is 0 Å². The lowest BCUT2D eigenvalue weighted by Crippen LogP contribution is -2.06. The van der Waals surface area contributed by atoms with E-state index < -0.39 is 5.97 Å².